The van der Waals surface area contributed by atoms with Crippen molar-refractivity contribution in [3.05, 3.63) is 23.8 Å². The van der Waals surface area contributed by atoms with Crippen molar-refractivity contribution >= 4 is 23.6 Å². The van der Waals surface area contributed by atoms with Gasteiger partial charge in [-0.3, -0.25) is 19.2 Å². The Hall–Kier alpha value is -3.56. The van der Waals surface area contributed by atoms with E-state index in [1.165, 1.54) is 0 Å². The maximum absolute atomic E-state index is 13.3. The largest absolute Gasteiger partial charge is 0.376 e. The van der Waals surface area contributed by atoms with Crippen LogP contribution in [0, 0.1) is 24.7 Å². The van der Waals surface area contributed by atoms with Crippen LogP contribution in [0.2, 0.25) is 0 Å². The van der Waals surface area contributed by atoms with Crippen LogP contribution in [0.1, 0.15) is 103 Å². The number of aromatic nitrogens is 2. The lowest BCUT2D eigenvalue weighted by molar-refractivity contribution is -0.133. The molecule has 0 aliphatic carbocycles. The lowest BCUT2D eigenvalue weighted by Gasteiger charge is -2.26. The molecule has 5 N–H and O–H groups in total. The molecule has 0 radical (unpaired) electrons. The average molecular weight is 630 g/mol. The van der Waals surface area contributed by atoms with Crippen LogP contribution in [-0.2, 0) is 19.2 Å². The van der Waals surface area contributed by atoms with Gasteiger partial charge in [0.25, 0.3) is 0 Å². The fraction of sp³-hybridized carbons (Fsp3) is 0.697. The number of hydrogen-bond donors (Lipinski definition) is 5. The first-order valence-corrected chi connectivity index (χ1v) is 16.4. The fourth-order valence-corrected chi connectivity index (χ4v) is 4.49. The van der Waals surface area contributed by atoms with Gasteiger partial charge in [-0.25, -0.2) is 9.97 Å². The van der Waals surface area contributed by atoms with Gasteiger partial charge in [0.1, 0.15) is 24.6 Å². The summed E-state index contributed by atoms with van der Waals surface area (Å²) in [5, 5.41) is 19.3. The Labute approximate surface area is 269 Å². The Kier molecular flexibility index (Phi) is 20.8. The standard InChI is InChI=1S/C33H55N7O5/c1-6-8-18-40(19-9-7-2)20-14-13-16-28(32(44)36-23-30(43)37-24-41)38-33(45)31(25(3)4)39-29(42)17-12-10-11-15-27-21-34-26(5)35-22-27/h21-22,25,28,31,41H,6-10,12-14,16-20,23-24H2,1-5H3,(H,36,44)(H,37,43)(H,38,45)(H,39,42)/t28-,31-/m0/s1. The molecule has 0 saturated carbocycles. The number of nitrogens with zero attached hydrogens (tertiary/aromatic N) is 3. The van der Waals surface area contributed by atoms with E-state index in [4.69, 9.17) is 5.11 Å². The molecule has 4 amide bonds. The van der Waals surface area contributed by atoms with Gasteiger partial charge in [-0.2, -0.15) is 0 Å². The molecular weight excluding hydrogens is 574 g/mol. The fourth-order valence-electron chi connectivity index (χ4n) is 4.49. The Morgan fingerprint density at radius 3 is 2.11 bits per heavy atom. The third kappa shape index (κ3) is 18.1. The molecule has 12 heteroatoms. The van der Waals surface area contributed by atoms with Gasteiger partial charge in [-0.1, -0.05) is 52.4 Å². The number of hydrogen-bond acceptors (Lipinski definition) is 8. The average Bonchev–Trinajstić information content (AvgIpc) is 3.01. The third-order valence-corrected chi connectivity index (χ3v) is 7.19. The predicted molar refractivity (Wildman–Crippen MR) is 175 cm³/mol. The minimum atomic E-state index is -0.877. The predicted octanol–water partition coefficient (Wildman–Crippen LogP) is 2.19. The Balaban J connectivity index is 2.76. The van der Waals surface area contributed by atoms with Crippen LogP contribution in [0.15, 0.2) is 12.4 Å². The molecule has 0 saturated heterocycles. The van der Waals surface area contributed by atoms with Crippen LogP contribution in [0.3, 0.4) is 0 Å². The first kappa shape index (κ1) is 39.5. The molecule has 45 heavy (non-hydrogen) atoms. The summed E-state index contributed by atoms with van der Waals surface area (Å²) in [5.41, 5.74) is 0.708. The third-order valence-electron chi connectivity index (χ3n) is 7.19. The van der Waals surface area contributed by atoms with E-state index < -0.39 is 36.5 Å². The highest BCUT2D eigenvalue weighted by Gasteiger charge is 2.28. The first-order valence-electron chi connectivity index (χ1n) is 16.4. The van der Waals surface area contributed by atoms with Crippen LogP contribution < -0.4 is 21.3 Å². The van der Waals surface area contributed by atoms with Crippen molar-refractivity contribution in [3.63, 3.8) is 0 Å². The molecule has 2 atom stereocenters. The number of aryl methyl sites for hydroxylation is 1. The van der Waals surface area contributed by atoms with E-state index in [2.05, 4.69) is 61.8 Å². The van der Waals surface area contributed by atoms with Crippen molar-refractivity contribution in [1.29, 1.82) is 0 Å². The molecule has 0 bridgehead atoms. The number of carbonyl (C=O) groups excluding carboxylic acids is 4. The van der Waals surface area contributed by atoms with E-state index in [-0.39, 0.29) is 24.8 Å². The molecule has 1 aromatic rings. The summed E-state index contributed by atoms with van der Waals surface area (Å²) < 4.78 is 0. The van der Waals surface area contributed by atoms with Gasteiger partial charge >= 0.3 is 0 Å². The Morgan fingerprint density at radius 2 is 1.51 bits per heavy atom. The number of rotatable bonds is 22. The van der Waals surface area contributed by atoms with E-state index in [0.717, 1.165) is 51.7 Å². The molecule has 1 aromatic heterocycles. The van der Waals surface area contributed by atoms with Crippen molar-refractivity contribution in [1.82, 2.24) is 36.1 Å². The summed E-state index contributed by atoms with van der Waals surface area (Å²) in [6.07, 6.45) is 11.0. The lowest BCUT2D eigenvalue weighted by Crippen LogP contribution is -2.56. The molecule has 0 aliphatic heterocycles. The summed E-state index contributed by atoms with van der Waals surface area (Å²) >= 11 is 0. The maximum atomic E-state index is 13.3. The molecule has 0 aliphatic rings. The number of amides is 4. The number of aliphatic hydroxyl groups excluding tert-OH is 1. The van der Waals surface area contributed by atoms with Gasteiger partial charge in [0.2, 0.25) is 23.6 Å². The summed E-state index contributed by atoms with van der Waals surface area (Å²) in [4.78, 5) is 61.6. The molecule has 0 fully saturated rings. The second kappa shape index (κ2) is 23.8. The van der Waals surface area contributed by atoms with Crippen LogP contribution in [0.25, 0.3) is 0 Å². The normalized spacial score (nSPS) is 12.2. The molecule has 1 rings (SSSR count). The number of carbonyl (C=O) groups is 4. The quantitative estimate of drug-likeness (QED) is 0.0740. The molecule has 0 unspecified atom stereocenters. The van der Waals surface area contributed by atoms with E-state index in [1.54, 1.807) is 19.3 Å². The Bertz CT molecular complexity index is 1080. The van der Waals surface area contributed by atoms with Crippen molar-refractivity contribution in [2.24, 2.45) is 5.92 Å². The topological polar surface area (TPSA) is 166 Å². The Morgan fingerprint density at radius 1 is 0.867 bits per heavy atom. The zero-order valence-corrected chi connectivity index (χ0v) is 27.9. The van der Waals surface area contributed by atoms with Gasteiger partial charge in [-0.15, -0.1) is 0 Å². The van der Waals surface area contributed by atoms with Gasteiger partial charge < -0.3 is 31.3 Å². The van der Waals surface area contributed by atoms with Crippen LogP contribution in [0.5, 0.6) is 0 Å². The summed E-state index contributed by atoms with van der Waals surface area (Å²) in [6, 6.07) is -1.71. The van der Waals surface area contributed by atoms with Crippen molar-refractivity contribution < 1.29 is 24.3 Å². The van der Waals surface area contributed by atoms with Gasteiger partial charge in [0.05, 0.1) is 12.1 Å². The molecular formula is C33H55N7O5. The molecule has 252 valence electrons. The number of nitrogens with one attached hydrogen (secondary N) is 4. The highest BCUT2D eigenvalue weighted by atomic mass is 16.3. The first-order chi connectivity index (χ1) is 21.6. The number of unbranched alkanes of at least 4 members (excludes halogenated alkanes) is 4. The monoisotopic (exact) mass is 629 g/mol. The van der Waals surface area contributed by atoms with Crippen molar-refractivity contribution in [2.75, 3.05) is 32.9 Å². The van der Waals surface area contributed by atoms with Crippen molar-refractivity contribution in [3.8, 4) is 11.8 Å². The second-order valence-electron chi connectivity index (χ2n) is 11.5. The highest BCUT2D eigenvalue weighted by Crippen LogP contribution is 2.09. The SMILES string of the molecule is CCCCN(CCCC)CCCC[C@H](NC(=O)[C@@H](NC(=O)CCCC#Cc1cnc(C)nc1)C(C)C)C(=O)NCC(=O)NCO. The zero-order valence-electron chi connectivity index (χ0n) is 27.9. The molecule has 0 aromatic carbocycles. The summed E-state index contributed by atoms with van der Waals surface area (Å²) in [7, 11) is 0. The summed E-state index contributed by atoms with van der Waals surface area (Å²) in [6.45, 7) is 12.0. The van der Waals surface area contributed by atoms with E-state index in [9.17, 15) is 19.2 Å². The molecule has 1 heterocycles. The molecule has 0 spiro atoms. The lowest BCUT2D eigenvalue weighted by atomic mass is 10.0. The molecule has 12 nitrogen and oxygen atoms in total. The van der Waals surface area contributed by atoms with E-state index in [0.29, 0.717) is 37.1 Å². The highest BCUT2D eigenvalue weighted by molar-refractivity contribution is 5.93. The zero-order chi connectivity index (χ0) is 33.5. The van der Waals surface area contributed by atoms with Gasteiger partial charge in [-0.05, 0) is 71.0 Å². The minimum Gasteiger partial charge on any atom is -0.376 e. The van der Waals surface area contributed by atoms with Crippen LogP contribution in [0.4, 0.5) is 0 Å². The van der Waals surface area contributed by atoms with Gasteiger partial charge in [0.15, 0.2) is 0 Å². The maximum Gasteiger partial charge on any atom is 0.243 e. The minimum absolute atomic E-state index is 0.200. The van der Waals surface area contributed by atoms with E-state index >= 15 is 0 Å². The second-order valence-corrected chi connectivity index (χ2v) is 11.5. The number of aliphatic hydroxyl groups is 1. The van der Waals surface area contributed by atoms with Crippen molar-refractivity contribution in [2.45, 2.75) is 111 Å². The smallest absolute Gasteiger partial charge is 0.243 e. The van der Waals surface area contributed by atoms with Crippen LogP contribution in [-0.4, -0.2) is 88.6 Å². The summed E-state index contributed by atoms with van der Waals surface area (Å²) in [5.74, 6) is 4.68. The van der Waals surface area contributed by atoms with Crippen LogP contribution >= 0.6 is 0 Å². The van der Waals surface area contributed by atoms with Gasteiger partial charge in [0, 0.05) is 25.2 Å². The van der Waals surface area contributed by atoms with E-state index in [1.807, 2.05) is 13.8 Å².